The van der Waals surface area contributed by atoms with Crippen LogP contribution in [0.4, 0.5) is 18.9 Å². The van der Waals surface area contributed by atoms with Crippen LogP contribution in [0.3, 0.4) is 0 Å². The third kappa shape index (κ3) is 4.75. The molecule has 0 aliphatic heterocycles. The lowest BCUT2D eigenvalue weighted by atomic mass is 10.1. The standard InChI is InChI=1S/C21H16F3N3O3/c1-12(13-7-4-8-16(9-13)25-20(30)21(22,23)24)26-27-19(29)17-10-14-5-2-3-6-15(14)11-18(17)28/h2-11,28H,1H3,(H,25,30)(H,27,29)/b26-12-. The van der Waals surface area contributed by atoms with Crippen LogP contribution in [0, 0.1) is 0 Å². The van der Waals surface area contributed by atoms with E-state index in [0.29, 0.717) is 5.56 Å². The van der Waals surface area contributed by atoms with Crippen LogP contribution in [0.25, 0.3) is 10.8 Å². The fourth-order valence-corrected chi connectivity index (χ4v) is 2.69. The molecule has 154 valence electrons. The summed E-state index contributed by atoms with van der Waals surface area (Å²) in [4.78, 5) is 23.5. The van der Waals surface area contributed by atoms with Gasteiger partial charge < -0.3 is 10.4 Å². The number of hydrogen-bond acceptors (Lipinski definition) is 4. The van der Waals surface area contributed by atoms with Crippen molar-refractivity contribution >= 4 is 34.0 Å². The van der Waals surface area contributed by atoms with Gasteiger partial charge in [0.05, 0.1) is 11.3 Å². The quantitative estimate of drug-likeness (QED) is 0.441. The summed E-state index contributed by atoms with van der Waals surface area (Å²) in [6.07, 6.45) is -5.00. The molecule has 0 bridgehead atoms. The van der Waals surface area contributed by atoms with Gasteiger partial charge in [0.2, 0.25) is 0 Å². The maximum absolute atomic E-state index is 12.4. The molecule has 0 radical (unpaired) electrons. The van der Waals surface area contributed by atoms with Crippen LogP contribution in [0.2, 0.25) is 0 Å². The minimum atomic E-state index is -5.00. The largest absolute Gasteiger partial charge is 0.507 e. The summed E-state index contributed by atoms with van der Waals surface area (Å²) in [6, 6.07) is 15.8. The number of nitrogens with one attached hydrogen (secondary N) is 2. The monoisotopic (exact) mass is 415 g/mol. The Morgan fingerprint density at radius 3 is 2.30 bits per heavy atom. The Kier molecular flexibility index (Phi) is 5.72. The molecule has 3 rings (SSSR count). The van der Waals surface area contributed by atoms with Crippen molar-refractivity contribution in [2.24, 2.45) is 5.10 Å². The lowest BCUT2D eigenvalue weighted by Crippen LogP contribution is -2.29. The molecule has 0 aliphatic rings. The van der Waals surface area contributed by atoms with Gasteiger partial charge in [-0.3, -0.25) is 9.59 Å². The first-order valence-corrected chi connectivity index (χ1v) is 8.70. The number of phenols is 1. The average Bonchev–Trinajstić information content (AvgIpc) is 2.70. The first-order chi connectivity index (χ1) is 14.1. The Labute approximate surface area is 169 Å². The number of carbonyl (C=O) groups excluding carboxylic acids is 2. The number of hydrogen-bond donors (Lipinski definition) is 3. The zero-order valence-electron chi connectivity index (χ0n) is 15.6. The minimum Gasteiger partial charge on any atom is -0.507 e. The number of amides is 2. The molecule has 3 aromatic carbocycles. The van der Waals surface area contributed by atoms with E-state index in [2.05, 4.69) is 10.5 Å². The molecular weight excluding hydrogens is 399 g/mol. The van der Waals surface area contributed by atoms with E-state index in [4.69, 9.17) is 0 Å². The van der Waals surface area contributed by atoms with E-state index in [0.717, 1.165) is 10.8 Å². The van der Waals surface area contributed by atoms with E-state index in [-0.39, 0.29) is 22.7 Å². The van der Waals surface area contributed by atoms with Gasteiger partial charge in [-0.2, -0.15) is 18.3 Å². The Balaban J connectivity index is 1.76. The van der Waals surface area contributed by atoms with Crippen molar-refractivity contribution < 1.29 is 27.9 Å². The van der Waals surface area contributed by atoms with Crippen LogP contribution in [0.5, 0.6) is 5.75 Å². The molecule has 0 fully saturated rings. The number of rotatable bonds is 4. The van der Waals surface area contributed by atoms with Gasteiger partial charge in [-0.1, -0.05) is 36.4 Å². The fraction of sp³-hybridized carbons (Fsp3) is 0.0952. The number of phenolic OH excluding ortho intramolecular Hbond substituents is 1. The van der Waals surface area contributed by atoms with Gasteiger partial charge in [0.1, 0.15) is 5.75 Å². The smallest absolute Gasteiger partial charge is 0.471 e. The van der Waals surface area contributed by atoms with Gasteiger partial charge in [0, 0.05) is 5.69 Å². The summed E-state index contributed by atoms with van der Waals surface area (Å²) in [6.45, 7) is 1.53. The molecule has 30 heavy (non-hydrogen) atoms. The van der Waals surface area contributed by atoms with Crippen molar-refractivity contribution in [2.75, 3.05) is 5.32 Å². The summed E-state index contributed by atoms with van der Waals surface area (Å²) >= 11 is 0. The molecular formula is C21H16F3N3O3. The second-order valence-corrected chi connectivity index (χ2v) is 6.39. The van der Waals surface area contributed by atoms with Crippen molar-refractivity contribution in [1.29, 1.82) is 0 Å². The van der Waals surface area contributed by atoms with Crippen LogP contribution >= 0.6 is 0 Å². The van der Waals surface area contributed by atoms with E-state index in [1.165, 1.54) is 37.3 Å². The van der Waals surface area contributed by atoms with Crippen LogP contribution in [0.1, 0.15) is 22.8 Å². The van der Waals surface area contributed by atoms with Crippen molar-refractivity contribution in [3.05, 3.63) is 71.8 Å². The number of benzene rings is 3. The average molecular weight is 415 g/mol. The zero-order valence-corrected chi connectivity index (χ0v) is 15.6. The van der Waals surface area contributed by atoms with Crippen LogP contribution in [-0.4, -0.2) is 28.8 Å². The van der Waals surface area contributed by atoms with Crippen molar-refractivity contribution in [3.8, 4) is 5.75 Å². The molecule has 3 N–H and O–H groups in total. The number of hydrazone groups is 1. The number of alkyl halides is 3. The highest BCUT2D eigenvalue weighted by molar-refractivity contribution is 6.04. The normalized spacial score (nSPS) is 11.9. The second-order valence-electron chi connectivity index (χ2n) is 6.39. The number of nitrogens with zero attached hydrogens (tertiary/aromatic N) is 1. The van der Waals surface area contributed by atoms with Crippen molar-refractivity contribution in [3.63, 3.8) is 0 Å². The van der Waals surface area contributed by atoms with Gasteiger partial charge in [-0.05, 0) is 47.5 Å². The van der Waals surface area contributed by atoms with E-state index >= 15 is 0 Å². The topological polar surface area (TPSA) is 90.8 Å². The summed E-state index contributed by atoms with van der Waals surface area (Å²) in [5, 5.41) is 17.3. The first-order valence-electron chi connectivity index (χ1n) is 8.70. The maximum atomic E-state index is 12.4. The number of anilines is 1. The molecule has 0 unspecified atom stereocenters. The lowest BCUT2D eigenvalue weighted by Gasteiger charge is -2.10. The molecule has 2 amide bonds. The summed E-state index contributed by atoms with van der Waals surface area (Å²) in [5.41, 5.74) is 2.94. The zero-order chi connectivity index (χ0) is 21.9. The van der Waals surface area contributed by atoms with Crippen molar-refractivity contribution in [2.45, 2.75) is 13.1 Å². The Morgan fingerprint density at radius 2 is 1.63 bits per heavy atom. The van der Waals surface area contributed by atoms with Gasteiger partial charge in [-0.25, -0.2) is 5.43 Å². The van der Waals surface area contributed by atoms with E-state index in [1.807, 2.05) is 0 Å². The third-order valence-corrected chi connectivity index (χ3v) is 4.23. The highest BCUT2D eigenvalue weighted by atomic mass is 19.4. The Hall–Kier alpha value is -3.88. The summed E-state index contributed by atoms with van der Waals surface area (Å²) in [7, 11) is 0. The van der Waals surface area contributed by atoms with E-state index < -0.39 is 18.0 Å². The second kappa shape index (κ2) is 8.24. The number of carbonyl (C=O) groups is 2. The van der Waals surface area contributed by atoms with Crippen LogP contribution < -0.4 is 10.7 Å². The number of fused-ring (bicyclic) bond motifs is 1. The molecule has 0 aromatic heterocycles. The van der Waals surface area contributed by atoms with Crippen LogP contribution in [-0.2, 0) is 4.79 Å². The summed E-state index contributed by atoms with van der Waals surface area (Å²) in [5.74, 6) is -2.95. The molecule has 0 spiro atoms. The first kappa shape index (κ1) is 20.8. The van der Waals surface area contributed by atoms with Gasteiger partial charge in [0.25, 0.3) is 5.91 Å². The maximum Gasteiger partial charge on any atom is 0.471 e. The molecule has 0 saturated carbocycles. The predicted molar refractivity (Wildman–Crippen MR) is 106 cm³/mol. The van der Waals surface area contributed by atoms with Gasteiger partial charge in [0.15, 0.2) is 0 Å². The SMILES string of the molecule is C/C(=N/NC(=O)c1cc2ccccc2cc1O)c1cccc(NC(=O)C(F)(F)F)c1. The molecule has 0 heterocycles. The number of aromatic hydroxyl groups is 1. The fourth-order valence-electron chi connectivity index (χ4n) is 2.69. The minimum absolute atomic E-state index is 0.0245. The predicted octanol–water partition coefficient (Wildman–Crippen LogP) is 4.20. The molecule has 0 aliphatic carbocycles. The highest BCUT2D eigenvalue weighted by Gasteiger charge is 2.38. The third-order valence-electron chi connectivity index (χ3n) is 4.23. The lowest BCUT2D eigenvalue weighted by molar-refractivity contribution is -0.167. The molecule has 6 nitrogen and oxygen atoms in total. The summed E-state index contributed by atoms with van der Waals surface area (Å²) < 4.78 is 37.2. The highest BCUT2D eigenvalue weighted by Crippen LogP contribution is 2.25. The van der Waals surface area contributed by atoms with Crippen molar-refractivity contribution in [1.82, 2.24) is 5.43 Å². The Morgan fingerprint density at radius 1 is 0.967 bits per heavy atom. The van der Waals surface area contributed by atoms with E-state index in [1.54, 1.807) is 35.6 Å². The molecule has 9 heteroatoms. The Bertz CT molecular complexity index is 1160. The van der Waals surface area contributed by atoms with E-state index in [9.17, 15) is 27.9 Å². The van der Waals surface area contributed by atoms with Gasteiger partial charge >= 0.3 is 12.1 Å². The van der Waals surface area contributed by atoms with Crippen LogP contribution in [0.15, 0.2) is 65.8 Å². The van der Waals surface area contributed by atoms with Gasteiger partial charge in [-0.15, -0.1) is 0 Å². The molecule has 0 saturated heterocycles. The molecule has 0 atom stereocenters. The molecule has 3 aromatic rings. The number of halogens is 3.